The summed E-state index contributed by atoms with van der Waals surface area (Å²) in [6, 6.07) is 0. The van der Waals surface area contributed by atoms with Gasteiger partial charge in [0.2, 0.25) is 0 Å². The highest BCUT2D eigenvalue weighted by Gasteiger charge is 2.19. The van der Waals surface area contributed by atoms with Crippen LogP contribution in [-0.4, -0.2) is 130 Å². The van der Waals surface area contributed by atoms with E-state index in [0.717, 1.165) is 52.1 Å². The van der Waals surface area contributed by atoms with Crippen molar-refractivity contribution in [1.29, 1.82) is 0 Å². The summed E-state index contributed by atoms with van der Waals surface area (Å²) in [5.74, 6) is 0.666. The van der Waals surface area contributed by atoms with E-state index in [9.17, 15) is 10.2 Å². The molecule has 2 atom stereocenters. The van der Waals surface area contributed by atoms with E-state index in [1.54, 1.807) is 0 Å². The highest BCUT2D eigenvalue weighted by molar-refractivity contribution is 5.82. The Morgan fingerprint density at radius 3 is 2.28 bits per heavy atom. The number of rotatable bonds is 19. The van der Waals surface area contributed by atoms with Crippen molar-refractivity contribution in [2.75, 3.05) is 91.9 Å². The molecule has 0 amide bonds. The van der Waals surface area contributed by atoms with Gasteiger partial charge in [0.1, 0.15) is 0 Å². The molecule has 1 aliphatic rings. The van der Waals surface area contributed by atoms with Gasteiger partial charge in [-0.1, -0.05) is 13.8 Å². The summed E-state index contributed by atoms with van der Waals surface area (Å²) in [6.07, 6.45) is 0.831. The quantitative estimate of drug-likeness (QED) is 0.155. The molecule has 0 aromatic carbocycles. The molecule has 1 fully saturated rings. The van der Waals surface area contributed by atoms with Crippen LogP contribution in [0.3, 0.4) is 0 Å². The number of hydrogen-bond acceptors (Lipinski definition) is 9. The van der Waals surface area contributed by atoms with Gasteiger partial charge >= 0.3 is 0 Å². The van der Waals surface area contributed by atoms with E-state index in [4.69, 9.17) is 15.2 Å². The lowest BCUT2D eigenvalue weighted by atomic mass is 10.1. The average Bonchev–Trinajstić information content (AvgIpc) is 2.74. The van der Waals surface area contributed by atoms with Crippen LogP contribution in [0, 0.1) is 5.92 Å². The molecule has 0 radical (unpaired) electrons. The Hall–Kier alpha value is -0.650. The number of piperazine rings is 1. The van der Waals surface area contributed by atoms with E-state index in [1.807, 2.05) is 0 Å². The van der Waals surface area contributed by atoms with Gasteiger partial charge in [0.05, 0.1) is 32.0 Å². The topological polar surface area (TPSA) is 116 Å². The first-order chi connectivity index (χ1) is 15.4. The van der Waals surface area contributed by atoms with E-state index in [2.05, 4.69) is 40.9 Å². The van der Waals surface area contributed by atoms with E-state index >= 15 is 0 Å². The maximum atomic E-state index is 10.2. The minimum absolute atomic E-state index is 0.302. The summed E-state index contributed by atoms with van der Waals surface area (Å²) in [6.45, 7) is 16.6. The molecule has 5 N–H and O–H groups in total. The van der Waals surface area contributed by atoms with Crippen LogP contribution in [0.5, 0.6) is 0 Å². The Bertz CT molecular complexity index is 473. The number of ether oxygens (including phenoxy) is 2. The lowest BCUT2D eigenvalue weighted by Crippen LogP contribution is -2.49. The zero-order valence-electron chi connectivity index (χ0n) is 20.7. The van der Waals surface area contributed by atoms with Crippen molar-refractivity contribution in [3.8, 4) is 0 Å². The highest BCUT2D eigenvalue weighted by Crippen LogP contribution is 2.05. The predicted molar refractivity (Wildman–Crippen MR) is 131 cm³/mol. The molecule has 9 heteroatoms. The van der Waals surface area contributed by atoms with Crippen molar-refractivity contribution in [2.24, 2.45) is 16.6 Å². The fourth-order valence-corrected chi connectivity index (χ4v) is 3.72. The predicted octanol–water partition coefficient (Wildman–Crippen LogP) is -0.196. The smallest absolute Gasteiger partial charge is 0.0900 e. The van der Waals surface area contributed by atoms with E-state index in [0.29, 0.717) is 58.5 Å². The summed E-state index contributed by atoms with van der Waals surface area (Å²) in [4.78, 5) is 9.45. The van der Waals surface area contributed by atoms with Gasteiger partial charge < -0.3 is 30.7 Å². The molecule has 1 aliphatic heterocycles. The van der Waals surface area contributed by atoms with Gasteiger partial charge in [-0.3, -0.25) is 14.8 Å². The number of aliphatic hydroxyl groups excluding tert-OH is 2. The van der Waals surface area contributed by atoms with Crippen LogP contribution < -0.4 is 11.1 Å². The Morgan fingerprint density at radius 1 is 1.03 bits per heavy atom. The van der Waals surface area contributed by atoms with Crippen LogP contribution in [0.15, 0.2) is 4.99 Å². The maximum absolute atomic E-state index is 10.2. The third kappa shape index (κ3) is 16.0. The van der Waals surface area contributed by atoms with Crippen LogP contribution in [0.1, 0.15) is 33.6 Å². The molecular formula is C23H49N5O4. The average molecular weight is 460 g/mol. The fourth-order valence-electron chi connectivity index (χ4n) is 3.72. The summed E-state index contributed by atoms with van der Waals surface area (Å²) in [5.41, 5.74) is 6.63. The number of hydrogen-bond donors (Lipinski definition) is 4. The molecule has 0 spiro atoms. The second-order valence-electron chi connectivity index (χ2n) is 9.16. The number of nitrogens with zero attached hydrogens (tertiary/aromatic N) is 3. The number of aliphatic hydroxyl groups is 2. The standard InChI is InChI=1S/C23H49N5O4/c1-20(2)15-21(3)26-7-8-27-9-11-28(12-10-27)17-23(30)19-32-14-4-13-31-18-22(29)16-25-6-5-24/h20,22-23,25,29-30H,4-19,24H2,1-3H3. The lowest BCUT2D eigenvalue weighted by molar-refractivity contribution is -0.00547. The van der Waals surface area contributed by atoms with Crippen molar-refractivity contribution >= 4 is 5.71 Å². The number of nitrogens with two attached hydrogens (primary N) is 1. The molecule has 9 nitrogen and oxygen atoms in total. The second-order valence-corrected chi connectivity index (χ2v) is 9.16. The van der Waals surface area contributed by atoms with Crippen LogP contribution in [0.4, 0.5) is 0 Å². The van der Waals surface area contributed by atoms with Gasteiger partial charge in [-0.2, -0.15) is 0 Å². The van der Waals surface area contributed by atoms with Crippen molar-refractivity contribution in [2.45, 2.75) is 45.8 Å². The number of β-amino-alcohol motifs (C(OH)–C–C–N with tert-alkyl or cyclic N) is 1. The van der Waals surface area contributed by atoms with Crippen LogP contribution in [-0.2, 0) is 9.47 Å². The summed E-state index contributed by atoms with van der Waals surface area (Å²) >= 11 is 0. The molecule has 0 aromatic heterocycles. The Morgan fingerprint density at radius 2 is 1.66 bits per heavy atom. The molecular weight excluding hydrogens is 410 g/mol. The fraction of sp³-hybridized carbons (Fsp3) is 0.957. The molecule has 2 unspecified atom stereocenters. The zero-order valence-corrected chi connectivity index (χ0v) is 20.7. The van der Waals surface area contributed by atoms with Crippen molar-refractivity contribution < 1.29 is 19.7 Å². The molecule has 1 saturated heterocycles. The van der Waals surface area contributed by atoms with E-state index in [-0.39, 0.29) is 0 Å². The van der Waals surface area contributed by atoms with Crippen molar-refractivity contribution in [3.63, 3.8) is 0 Å². The van der Waals surface area contributed by atoms with Gasteiger partial charge in [0.25, 0.3) is 0 Å². The second kappa shape index (κ2) is 18.7. The van der Waals surface area contributed by atoms with Gasteiger partial charge in [0, 0.05) is 77.8 Å². The van der Waals surface area contributed by atoms with Gasteiger partial charge in [-0.05, 0) is 25.7 Å². The van der Waals surface area contributed by atoms with Crippen LogP contribution in [0.25, 0.3) is 0 Å². The molecule has 0 aromatic rings. The van der Waals surface area contributed by atoms with Crippen LogP contribution >= 0.6 is 0 Å². The van der Waals surface area contributed by atoms with E-state index in [1.165, 1.54) is 5.71 Å². The van der Waals surface area contributed by atoms with Gasteiger partial charge in [-0.15, -0.1) is 0 Å². The van der Waals surface area contributed by atoms with Crippen LogP contribution in [0.2, 0.25) is 0 Å². The maximum Gasteiger partial charge on any atom is 0.0900 e. The molecule has 0 bridgehead atoms. The van der Waals surface area contributed by atoms with Gasteiger partial charge in [0.15, 0.2) is 0 Å². The molecule has 190 valence electrons. The summed E-state index contributed by atoms with van der Waals surface area (Å²) in [5, 5.41) is 23.0. The third-order valence-corrected chi connectivity index (χ3v) is 5.33. The van der Waals surface area contributed by atoms with Crippen molar-refractivity contribution in [3.05, 3.63) is 0 Å². The first-order valence-corrected chi connectivity index (χ1v) is 12.3. The molecule has 32 heavy (non-hydrogen) atoms. The Kier molecular flexibility index (Phi) is 17.2. The normalized spacial score (nSPS) is 18.4. The number of nitrogens with one attached hydrogen (secondary N) is 1. The minimum Gasteiger partial charge on any atom is -0.389 e. The third-order valence-electron chi connectivity index (χ3n) is 5.33. The molecule has 1 rings (SSSR count). The monoisotopic (exact) mass is 459 g/mol. The molecule has 0 saturated carbocycles. The SMILES string of the molecule is CC(CC(C)C)=NCCN1CCN(CC(O)COCCCOCC(O)CNCCN)CC1. The van der Waals surface area contributed by atoms with E-state index < -0.39 is 12.2 Å². The largest absolute Gasteiger partial charge is 0.389 e. The molecule has 1 heterocycles. The van der Waals surface area contributed by atoms with Gasteiger partial charge in [-0.25, -0.2) is 0 Å². The zero-order chi connectivity index (χ0) is 23.6. The first-order valence-electron chi connectivity index (χ1n) is 12.3. The summed E-state index contributed by atoms with van der Waals surface area (Å²) in [7, 11) is 0. The highest BCUT2D eigenvalue weighted by atomic mass is 16.5. The van der Waals surface area contributed by atoms with Crippen molar-refractivity contribution in [1.82, 2.24) is 15.1 Å². The lowest BCUT2D eigenvalue weighted by Gasteiger charge is -2.35. The summed E-state index contributed by atoms with van der Waals surface area (Å²) < 4.78 is 11.0. The first kappa shape index (κ1) is 29.4. The minimum atomic E-state index is -0.522. The Balaban J connectivity index is 1.98. The molecule has 0 aliphatic carbocycles. The Labute approximate surface area is 195 Å². The number of aliphatic imine (C=N–C) groups is 1.